The fourth-order valence-corrected chi connectivity index (χ4v) is 4.84. The van der Waals surface area contributed by atoms with E-state index < -0.39 is 5.54 Å². The summed E-state index contributed by atoms with van der Waals surface area (Å²) in [5.41, 5.74) is 2.72. The molecule has 5 heteroatoms. The lowest BCUT2D eigenvalue weighted by Crippen LogP contribution is -2.43. The van der Waals surface area contributed by atoms with E-state index in [2.05, 4.69) is 46.6 Å². The highest BCUT2D eigenvalue weighted by Gasteiger charge is 2.55. The molecule has 1 N–H and O–H groups in total. The summed E-state index contributed by atoms with van der Waals surface area (Å²) in [6.45, 7) is 4.81. The molecule has 34 heavy (non-hydrogen) atoms. The van der Waals surface area contributed by atoms with Crippen molar-refractivity contribution in [2.45, 2.75) is 25.4 Å². The van der Waals surface area contributed by atoms with E-state index in [-0.39, 0.29) is 36.3 Å². The van der Waals surface area contributed by atoms with Crippen molar-refractivity contribution in [3.8, 4) is 0 Å². The van der Waals surface area contributed by atoms with Gasteiger partial charge in [0.2, 0.25) is 5.91 Å². The number of rotatable bonds is 9. The zero-order valence-corrected chi connectivity index (χ0v) is 20.0. The summed E-state index contributed by atoms with van der Waals surface area (Å²) in [7, 11) is 1.39. The van der Waals surface area contributed by atoms with E-state index >= 15 is 0 Å². The van der Waals surface area contributed by atoms with Crippen LogP contribution in [0.5, 0.6) is 0 Å². The molecule has 0 aromatic heterocycles. The van der Waals surface area contributed by atoms with Crippen molar-refractivity contribution in [3.05, 3.63) is 108 Å². The molecule has 3 atom stereocenters. The molecule has 1 fully saturated rings. The third kappa shape index (κ3) is 4.48. The summed E-state index contributed by atoms with van der Waals surface area (Å²) >= 11 is 0. The first kappa shape index (κ1) is 23.7. The Bertz CT molecular complexity index is 1000. The van der Waals surface area contributed by atoms with Gasteiger partial charge in [-0.15, -0.1) is 0 Å². The summed E-state index contributed by atoms with van der Waals surface area (Å²) in [4.78, 5) is 27.7. The van der Waals surface area contributed by atoms with Crippen LogP contribution in [-0.2, 0) is 19.9 Å². The van der Waals surface area contributed by atoms with Gasteiger partial charge >= 0.3 is 5.97 Å². The zero-order chi connectivity index (χ0) is 24.1. The maximum absolute atomic E-state index is 13.3. The number of hydrogen-bond donors (Lipinski definition) is 1. The number of benzene rings is 3. The Morgan fingerprint density at radius 2 is 1.32 bits per heavy atom. The van der Waals surface area contributed by atoms with Crippen LogP contribution in [0, 0.1) is 11.8 Å². The van der Waals surface area contributed by atoms with E-state index in [1.807, 2.05) is 68.4 Å². The average Bonchev–Trinajstić information content (AvgIpc) is 3.67. The van der Waals surface area contributed by atoms with Crippen molar-refractivity contribution < 1.29 is 14.3 Å². The van der Waals surface area contributed by atoms with Crippen LogP contribution in [-0.4, -0.2) is 43.0 Å². The number of nitrogens with zero attached hydrogens (tertiary/aromatic N) is 1. The summed E-state index contributed by atoms with van der Waals surface area (Å²) in [5.74, 6) is -0.666. The molecule has 1 amide bonds. The number of methoxy groups -OCH3 is 1. The minimum absolute atomic E-state index is 0.0679. The third-order valence-electron chi connectivity index (χ3n) is 6.73. The Labute approximate surface area is 201 Å². The number of nitrogens with one attached hydrogen (secondary N) is 1. The molecule has 0 radical (unpaired) electrons. The van der Waals surface area contributed by atoms with Crippen LogP contribution in [0.4, 0.5) is 0 Å². The molecule has 0 saturated carbocycles. The van der Waals surface area contributed by atoms with Gasteiger partial charge in [-0.1, -0.05) is 105 Å². The quantitative estimate of drug-likeness (QED) is 0.298. The highest BCUT2D eigenvalue weighted by atomic mass is 16.5. The average molecular weight is 457 g/mol. The van der Waals surface area contributed by atoms with Gasteiger partial charge in [0.15, 0.2) is 0 Å². The van der Waals surface area contributed by atoms with E-state index in [9.17, 15) is 9.59 Å². The van der Waals surface area contributed by atoms with Crippen molar-refractivity contribution >= 4 is 11.9 Å². The number of carbonyl (C=O) groups is 2. The summed E-state index contributed by atoms with van der Waals surface area (Å²) < 4.78 is 4.93. The lowest BCUT2D eigenvalue weighted by molar-refractivity contribution is -0.146. The molecule has 1 unspecified atom stereocenters. The van der Waals surface area contributed by atoms with Crippen LogP contribution in [0.25, 0.3) is 0 Å². The van der Waals surface area contributed by atoms with Gasteiger partial charge in [0, 0.05) is 13.1 Å². The Balaban J connectivity index is 1.69. The predicted octanol–water partition coefficient (Wildman–Crippen LogP) is 4.22. The maximum Gasteiger partial charge on any atom is 0.310 e. The molecule has 4 rings (SSSR count). The van der Waals surface area contributed by atoms with Crippen LogP contribution < -0.4 is 5.32 Å². The number of carbonyl (C=O) groups excluding carboxylic acids is 2. The second-order valence-electron chi connectivity index (χ2n) is 9.10. The number of esters is 1. The van der Waals surface area contributed by atoms with Crippen molar-refractivity contribution in [1.82, 2.24) is 10.2 Å². The third-order valence-corrected chi connectivity index (χ3v) is 6.73. The van der Waals surface area contributed by atoms with Crippen molar-refractivity contribution in [3.63, 3.8) is 0 Å². The molecule has 1 aliphatic heterocycles. The largest absolute Gasteiger partial charge is 0.469 e. The first-order valence-corrected chi connectivity index (χ1v) is 11.8. The Hall–Kier alpha value is -3.44. The van der Waals surface area contributed by atoms with Gasteiger partial charge < -0.3 is 10.1 Å². The van der Waals surface area contributed by atoms with Gasteiger partial charge in [-0.05, 0) is 22.6 Å². The van der Waals surface area contributed by atoms with Crippen LogP contribution in [0.15, 0.2) is 91.0 Å². The molecule has 3 aromatic carbocycles. The highest BCUT2D eigenvalue weighted by Crippen LogP contribution is 2.48. The fourth-order valence-electron chi connectivity index (χ4n) is 4.84. The lowest BCUT2D eigenvalue weighted by atomic mass is 9.76. The SMILES string of the molecule is COC(=O)[C@@H](CNC(=O)[C@@H]1CN1C(c1ccccc1)(c1ccccc1)c1ccccc1)C(C)C. The van der Waals surface area contributed by atoms with E-state index in [0.717, 1.165) is 16.7 Å². The normalized spacial score (nSPS) is 18.2. The number of amides is 1. The van der Waals surface area contributed by atoms with E-state index in [1.165, 1.54) is 7.11 Å². The van der Waals surface area contributed by atoms with Gasteiger partial charge in [-0.25, -0.2) is 0 Å². The molecule has 5 nitrogen and oxygen atoms in total. The molecule has 176 valence electrons. The molecule has 0 spiro atoms. The summed E-state index contributed by atoms with van der Waals surface area (Å²) in [5, 5.41) is 3.02. The maximum atomic E-state index is 13.3. The first-order valence-electron chi connectivity index (χ1n) is 11.8. The molecular formula is C29H32N2O3. The predicted molar refractivity (Wildman–Crippen MR) is 133 cm³/mol. The smallest absolute Gasteiger partial charge is 0.310 e. The molecule has 3 aromatic rings. The van der Waals surface area contributed by atoms with Gasteiger partial charge in [0.05, 0.1) is 18.6 Å². The molecule has 1 saturated heterocycles. The standard InChI is InChI=1S/C29H32N2O3/c1-21(2)25(28(33)34-3)19-30-27(32)26-20-31(26)29(22-13-7-4-8-14-22,23-15-9-5-10-16-23)24-17-11-6-12-18-24/h4-18,21,25-26H,19-20H2,1-3H3,(H,30,32)/t25-,26-,31?/m0/s1. The molecule has 0 bridgehead atoms. The van der Waals surface area contributed by atoms with Crippen LogP contribution in [0.2, 0.25) is 0 Å². The second kappa shape index (κ2) is 10.2. The van der Waals surface area contributed by atoms with Crippen LogP contribution in [0.1, 0.15) is 30.5 Å². The molecule has 1 aliphatic rings. The minimum atomic E-state index is -0.606. The van der Waals surface area contributed by atoms with Gasteiger partial charge in [-0.2, -0.15) is 0 Å². The molecule has 1 heterocycles. The molecular weight excluding hydrogens is 424 g/mol. The van der Waals surface area contributed by atoms with Crippen LogP contribution >= 0.6 is 0 Å². The second-order valence-corrected chi connectivity index (χ2v) is 9.10. The van der Waals surface area contributed by atoms with Gasteiger partial charge in [-0.3, -0.25) is 14.5 Å². The van der Waals surface area contributed by atoms with Gasteiger partial charge in [0.25, 0.3) is 0 Å². The van der Waals surface area contributed by atoms with Gasteiger partial charge in [0.1, 0.15) is 6.04 Å². The monoisotopic (exact) mass is 456 g/mol. The van der Waals surface area contributed by atoms with Crippen LogP contribution in [0.3, 0.4) is 0 Å². The number of ether oxygens (including phenoxy) is 1. The van der Waals surface area contributed by atoms with E-state index in [4.69, 9.17) is 4.74 Å². The summed E-state index contributed by atoms with van der Waals surface area (Å²) in [6, 6.07) is 30.7. The first-order chi connectivity index (χ1) is 16.5. The van der Waals surface area contributed by atoms with Crippen molar-refractivity contribution in [1.29, 1.82) is 0 Å². The molecule has 0 aliphatic carbocycles. The zero-order valence-electron chi connectivity index (χ0n) is 20.0. The van der Waals surface area contributed by atoms with E-state index in [1.54, 1.807) is 0 Å². The Kier molecular flexibility index (Phi) is 7.13. The fraction of sp³-hybridized carbons (Fsp3) is 0.310. The van der Waals surface area contributed by atoms with Crippen molar-refractivity contribution in [2.24, 2.45) is 11.8 Å². The minimum Gasteiger partial charge on any atom is -0.469 e. The highest BCUT2D eigenvalue weighted by molar-refractivity contribution is 5.86. The summed E-state index contributed by atoms with van der Waals surface area (Å²) in [6.07, 6.45) is 0. The topological polar surface area (TPSA) is 58.4 Å². The lowest BCUT2D eigenvalue weighted by Gasteiger charge is -2.38. The Morgan fingerprint density at radius 1 is 0.882 bits per heavy atom. The number of hydrogen-bond acceptors (Lipinski definition) is 4. The van der Waals surface area contributed by atoms with Crippen molar-refractivity contribution in [2.75, 3.05) is 20.2 Å². The van der Waals surface area contributed by atoms with E-state index in [0.29, 0.717) is 6.54 Å². The Morgan fingerprint density at radius 3 is 1.71 bits per heavy atom.